The fourth-order valence-electron chi connectivity index (χ4n) is 1.97. The van der Waals surface area contributed by atoms with E-state index in [9.17, 15) is 4.79 Å². The lowest BCUT2D eigenvalue weighted by Crippen LogP contribution is -2.17. The molecule has 1 aliphatic heterocycles. The van der Waals surface area contributed by atoms with E-state index in [0.717, 1.165) is 19.4 Å². The van der Waals surface area contributed by atoms with Crippen molar-refractivity contribution in [1.29, 1.82) is 0 Å². The van der Waals surface area contributed by atoms with Gasteiger partial charge in [-0.2, -0.15) is 0 Å². The minimum Gasteiger partial charge on any atom is -0.490 e. The Bertz CT molecular complexity index is 381. The Morgan fingerprint density at radius 1 is 1.47 bits per heavy atom. The van der Waals surface area contributed by atoms with Crippen LogP contribution in [0.2, 0.25) is 0 Å². The van der Waals surface area contributed by atoms with Gasteiger partial charge in [0.2, 0.25) is 0 Å². The number of hydrogen-bond donors (Lipinski definition) is 0. The summed E-state index contributed by atoms with van der Waals surface area (Å²) in [5.74, 6) is 0.794. The summed E-state index contributed by atoms with van der Waals surface area (Å²) in [6, 6.07) is 7.41. The highest BCUT2D eigenvalue weighted by Crippen LogP contribution is 2.21. The van der Waals surface area contributed by atoms with Crippen LogP contribution in [0.5, 0.6) is 5.75 Å². The van der Waals surface area contributed by atoms with E-state index in [-0.39, 0.29) is 11.9 Å². The molecule has 3 heteroatoms. The van der Waals surface area contributed by atoms with Crippen molar-refractivity contribution in [1.82, 2.24) is 0 Å². The lowest BCUT2D eigenvalue weighted by molar-refractivity contribution is 0.0672. The van der Waals surface area contributed by atoms with Crippen molar-refractivity contribution in [2.45, 2.75) is 32.3 Å². The highest BCUT2D eigenvalue weighted by atomic mass is 16.5. The third kappa shape index (κ3) is 3.07. The molecule has 3 nitrogen and oxygen atoms in total. The lowest BCUT2D eigenvalue weighted by Gasteiger charge is -2.13. The number of ether oxygens (including phenoxy) is 2. The Hall–Kier alpha value is -1.35. The van der Waals surface area contributed by atoms with Crippen molar-refractivity contribution in [3.05, 3.63) is 29.8 Å². The molecule has 0 radical (unpaired) electrons. The van der Waals surface area contributed by atoms with E-state index >= 15 is 0 Å². The van der Waals surface area contributed by atoms with Crippen LogP contribution in [0.1, 0.15) is 36.5 Å². The van der Waals surface area contributed by atoms with Gasteiger partial charge < -0.3 is 9.47 Å². The topological polar surface area (TPSA) is 35.5 Å². The number of hydrogen-bond acceptors (Lipinski definition) is 3. The minimum absolute atomic E-state index is 0.118. The first-order valence-corrected chi connectivity index (χ1v) is 6.18. The van der Waals surface area contributed by atoms with Gasteiger partial charge >= 0.3 is 0 Å². The molecule has 0 saturated carbocycles. The van der Waals surface area contributed by atoms with Crippen molar-refractivity contribution < 1.29 is 14.3 Å². The smallest absolute Gasteiger partial charge is 0.166 e. The number of carbonyl (C=O) groups excluding carboxylic acids is 1. The van der Waals surface area contributed by atoms with Crippen molar-refractivity contribution in [2.75, 3.05) is 13.2 Å². The monoisotopic (exact) mass is 234 g/mol. The SMILES string of the molecule is CCC(=O)c1ccccc1OCC1CCCO1. The first kappa shape index (κ1) is 12.1. The molecule has 1 heterocycles. The molecule has 2 rings (SSSR count). The molecule has 0 amide bonds. The van der Waals surface area contributed by atoms with E-state index in [2.05, 4.69) is 0 Å². The maximum Gasteiger partial charge on any atom is 0.166 e. The van der Waals surface area contributed by atoms with Gasteiger partial charge in [0.05, 0.1) is 11.7 Å². The zero-order chi connectivity index (χ0) is 12.1. The highest BCUT2D eigenvalue weighted by molar-refractivity contribution is 5.98. The van der Waals surface area contributed by atoms with Gasteiger partial charge in [-0.25, -0.2) is 0 Å². The number of para-hydroxylation sites is 1. The molecule has 1 aromatic rings. The largest absolute Gasteiger partial charge is 0.490 e. The van der Waals surface area contributed by atoms with Crippen molar-refractivity contribution in [3.8, 4) is 5.75 Å². The normalized spacial score (nSPS) is 19.2. The summed E-state index contributed by atoms with van der Waals surface area (Å²) in [6.45, 7) is 3.22. The van der Waals surface area contributed by atoms with E-state index in [1.165, 1.54) is 0 Å². The Labute approximate surface area is 102 Å². The maximum atomic E-state index is 11.7. The fourth-order valence-corrected chi connectivity index (χ4v) is 1.97. The third-order valence-corrected chi connectivity index (χ3v) is 2.96. The summed E-state index contributed by atoms with van der Waals surface area (Å²) in [4.78, 5) is 11.7. The summed E-state index contributed by atoms with van der Waals surface area (Å²) < 4.78 is 11.2. The van der Waals surface area contributed by atoms with Gasteiger partial charge in [0.1, 0.15) is 12.4 Å². The zero-order valence-electron chi connectivity index (χ0n) is 10.1. The van der Waals surface area contributed by atoms with Gasteiger partial charge in [-0.05, 0) is 25.0 Å². The van der Waals surface area contributed by atoms with E-state index in [1.807, 2.05) is 31.2 Å². The number of rotatable bonds is 5. The average Bonchev–Trinajstić information content (AvgIpc) is 2.89. The Morgan fingerprint density at radius 2 is 2.29 bits per heavy atom. The second-order valence-electron chi connectivity index (χ2n) is 4.22. The van der Waals surface area contributed by atoms with Gasteiger partial charge in [0, 0.05) is 13.0 Å². The van der Waals surface area contributed by atoms with Crippen molar-refractivity contribution in [2.24, 2.45) is 0 Å². The van der Waals surface area contributed by atoms with Crippen molar-refractivity contribution in [3.63, 3.8) is 0 Å². The standard InChI is InChI=1S/C14H18O3/c1-2-13(15)12-7-3-4-8-14(12)17-10-11-6-5-9-16-11/h3-4,7-8,11H,2,5-6,9-10H2,1H3. The third-order valence-electron chi connectivity index (χ3n) is 2.96. The molecule has 1 aromatic carbocycles. The fraction of sp³-hybridized carbons (Fsp3) is 0.500. The quantitative estimate of drug-likeness (QED) is 0.735. The molecule has 0 aromatic heterocycles. The summed E-state index contributed by atoms with van der Waals surface area (Å²) in [7, 11) is 0. The molecular weight excluding hydrogens is 216 g/mol. The predicted molar refractivity (Wildman–Crippen MR) is 65.5 cm³/mol. The number of carbonyl (C=O) groups is 1. The van der Waals surface area contributed by atoms with E-state index in [1.54, 1.807) is 0 Å². The first-order valence-electron chi connectivity index (χ1n) is 6.18. The van der Waals surface area contributed by atoms with E-state index in [0.29, 0.717) is 24.3 Å². The molecule has 1 saturated heterocycles. The predicted octanol–water partition coefficient (Wildman–Crippen LogP) is 2.84. The molecular formula is C14H18O3. The summed E-state index contributed by atoms with van der Waals surface area (Å²) in [5.41, 5.74) is 0.674. The Balaban J connectivity index is 2.01. The van der Waals surface area contributed by atoms with Gasteiger partial charge in [-0.1, -0.05) is 19.1 Å². The molecule has 0 N–H and O–H groups in total. The molecule has 0 spiro atoms. The number of ketones is 1. The highest BCUT2D eigenvalue weighted by Gasteiger charge is 2.17. The molecule has 1 fully saturated rings. The van der Waals surface area contributed by atoms with E-state index in [4.69, 9.17) is 9.47 Å². The number of Topliss-reactive ketones (excluding diaryl/α,β-unsaturated/α-hetero) is 1. The van der Waals surface area contributed by atoms with Crippen LogP contribution in [0, 0.1) is 0 Å². The molecule has 92 valence electrons. The Morgan fingerprint density at radius 3 is 3.00 bits per heavy atom. The average molecular weight is 234 g/mol. The van der Waals surface area contributed by atoms with Crippen LogP contribution in [-0.4, -0.2) is 25.1 Å². The summed E-state index contributed by atoms with van der Waals surface area (Å²) >= 11 is 0. The van der Waals surface area contributed by atoms with E-state index < -0.39 is 0 Å². The van der Waals surface area contributed by atoms with Gasteiger partial charge in [0.25, 0.3) is 0 Å². The molecule has 0 aliphatic carbocycles. The lowest BCUT2D eigenvalue weighted by atomic mass is 10.1. The zero-order valence-corrected chi connectivity index (χ0v) is 10.1. The van der Waals surface area contributed by atoms with Crippen LogP contribution in [0.15, 0.2) is 24.3 Å². The Kier molecular flexibility index (Phi) is 4.15. The van der Waals surface area contributed by atoms with Crippen LogP contribution < -0.4 is 4.74 Å². The van der Waals surface area contributed by atoms with Crippen LogP contribution in [0.3, 0.4) is 0 Å². The molecule has 17 heavy (non-hydrogen) atoms. The minimum atomic E-state index is 0.118. The second-order valence-corrected chi connectivity index (χ2v) is 4.22. The summed E-state index contributed by atoms with van der Waals surface area (Å²) in [5, 5.41) is 0. The maximum absolute atomic E-state index is 11.7. The van der Waals surface area contributed by atoms with Gasteiger partial charge in [0.15, 0.2) is 5.78 Å². The molecule has 0 bridgehead atoms. The van der Waals surface area contributed by atoms with Crippen LogP contribution in [0.25, 0.3) is 0 Å². The van der Waals surface area contributed by atoms with Gasteiger partial charge in [-0.3, -0.25) is 4.79 Å². The van der Waals surface area contributed by atoms with Crippen molar-refractivity contribution >= 4 is 5.78 Å². The molecule has 1 aliphatic rings. The van der Waals surface area contributed by atoms with Gasteiger partial charge in [-0.15, -0.1) is 0 Å². The molecule has 1 unspecified atom stereocenters. The number of benzene rings is 1. The van der Waals surface area contributed by atoms with Crippen LogP contribution in [0.4, 0.5) is 0 Å². The first-order chi connectivity index (χ1) is 8.31. The molecule has 1 atom stereocenters. The second kappa shape index (κ2) is 5.82. The van der Waals surface area contributed by atoms with Crippen LogP contribution >= 0.6 is 0 Å². The van der Waals surface area contributed by atoms with Crippen LogP contribution in [-0.2, 0) is 4.74 Å². The summed E-state index contributed by atoms with van der Waals surface area (Å²) in [6.07, 6.45) is 2.83.